The smallest absolute Gasteiger partial charge is 0.316 e. The molecule has 0 unspecified atom stereocenters. The molecule has 7 nitrogen and oxygen atoms in total. The van der Waals surface area contributed by atoms with Gasteiger partial charge in [-0.05, 0) is 25.7 Å². The molecule has 2 fully saturated rings. The van der Waals surface area contributed by atoms with Gasteiger partial charge < -0.3 is 14.5 Å². The van der Waals surface area contributed by atoms with Gasteiger partial charge in [0.25, 0.3) is 0 Å². The Morgan fingerprint density at radius 3 is 1.26 bits per heavy atom. The highest BCUT2D eigenvalue weighted by Gasteiger charge is 2.32. The number of carbonyl (C=O) groups excluding carboxylic acids is 4. The molecule has 2 aliphatic rings. The van der Waals surface area contributed by atoms with Crippen molar-refractivity contribution < 1.29 is 23.9 Å². The van der Waals surface area contributed by atoms with Crippen LogP contribution < -0.4 is 0 Å². The van der Waals surface area contributed by atoms with Gasteiger partial charge in [0, 0.05) is 40.0 Å². The second-order valence-corrected chi connectivity index (χ2v) is 6.30. The molecule has 128 valence electrons. The molecule has 0 N–H and O–H groups in total. The summed E-state index contributed by atoms with van der Waals surface area (Å²) in [6, 6.07) is 0. The van der Waals surface area contributed by atoms with Gasteiger partial charge in [-0.1, -0.05) is 0 Å². The number of carbonyl (C=O) groups is 4. The largest absolute Gasteiger partial charge is 0.393 e. The van der Waals surface area contributed by atoms with Crippen LogP contribution in [0, 0.1) is 11.8 Å². The van der Waals surface area contributed by atoms with E-state index >= 15 is 0 Å². The van der Waals surface area contributed by atoms with Gasteiger partial charge in [-0.3, -0.25) is 19.2 Å². The standard InChI is InChI=1S/C16H24N2O5/c1-11(19)17-7-3-13(4-8-17)15(21)23-16(22)14-5-9-18(10-6-14)12(2)20/h13-14H,3-10H2,1-2H3. The van der Waals surface area contributed by atoms with Crippen molar-refractivity contribution in [2.24, 2.45) is 11.8 Å². The van der Waals surface area contributed by atoms with Gasteiger partial charge in [0.05, 0.1) is 11.8 Å². The van der Waals surface area contributed by atoms with Crippen LogP contribution >= 0.6 is 0 Å². The minimum absolute atomic E-state index is 0.00475. The highest BCUT2D eigenvalue weighted by molar-refractivity contribution is 5.88. The number of hydrogen-bond donors (Lipinski definition) is 0. The van der Waals surface area contributed by atoms with E-state index in [-0.39, 0.29) is 23.7 Å². The summed E-state index contributed by atoms with van der Waals surface area (Å²) in [5.41, 5.74) is 0. The average molecular weight is 324 g/mol. The van der Waals surface area contributed by atoms with Crippen molar-refractivity contribution in [3.05, 3.63) is 0 Å². The monoisotopic (exact) mass is 324 g/mol. The van der Waals surface area contributed by atoms with Crippen LogP contribution in [-0.2, 0) is 23.9 Å². The summed E-state index contributed by atoms with van der Waals surface area (Å²) < 4.78 is 5.04. The minimum atomic E-state index is -0.479. The van der Waals surface area contributed by atoms with E-state index in [0.29, 0.717) is 51.9 Å². The fraction of sp³-hybridized carbons (Fsp3) is 0.750. The maximum Gasteiger partial charge on any atom is 0.316 e. The van der Waals surface area contributed by atoms with Gasteiger partial charge in [0.1, 0.15) is 0 Å². The summed E-state index contributed by atoms with van der Waals surface area (Å²) in [5.74, 6) is -1.58. The van der Waals surface area contributed by atoms with Gasteiger partial charge in [0.15, 0.2) is 0 Å². The van der Waals surface area contributed by atoms with E-state index in [1.807, 2.05) is 0 Å². The summed E-state index contributed by atoms with van der Waals surface area (Å²) >= 11 is 0. The zero-order chi connectivity index (χ0) is 17.0. The van der Waals surface area contributed by atoms with Gasteiger partial charge in [0.2, 0.25) is 11.8 Å². The van der Waals surface area contributed by atoms with Crippen LogP contribution in [0.25, 0.3) is 0 Å². The van der Waals surface area contributed by atoms with Crippen LogP contribution in [0.5, 0.6) is 0 Å². The number of amides is 2. The van der Waals surface area contributed by atoms with Gasteiger partial charge in [-0.25, -0.2) is 0 Å². The Morgan fingerprint density at radius 2 is 1.00 bits per heavy atom. The third-order valence-electron chi connectivity index (χ3n) is 4.75. The van der Waals surface area contributed by atoms with E-state index in [1.165, 1.54) is 13.8 Å². The molecule has 2 rings (SSSR count). The molecule has 2 heterocycles. The van der Waals surface area contributed by atoms with Crippen molar-refractivity contribution in [1.82, 2.24) is 9.80 Å². The van der Waals surface area contributed by atoms with Crippen LogP contribution in [0.2, 0.25) is 0 Å². The molecular weight excluding hydrogens is 300 g/mol. The summed E-state index contributed by atoms with van der Waals surface area (Å²) in [7, 11) is 0. The predicted molar refractivity (Wildman–Crippen MR) is 81.1 cm³/mol. The Kier molecular flexibility index (Phi) is 5.74. The zero-order valence-electron chi connectivity index (χ0n) is 13.7. The Balaban J connectivity index is 1.76. The van der Waals surface area contributed by atoms with Crippen molar-refractivity contribution in [2.45, 2.75) is 39.5 Å². The number of esters is 2. The van der Waals surface area contributed by atoms with Gasteiger partial charge >= 0.3 is 11.9 Å². The normalized spacial score (nSPS) is 20.3. The molecule has 2 amide bonds. The number of piperidine rings is 2. The molecule has 0 atom stereocenters. The lowest BCUT2D eigenvalue weighted by molar-refractivity contribution is -0.168. The molecule has 0 aromatic rings. The molecule has 0 bridgehead atoms. The van der Waals surface area contributed by atoms with Crippen LogP contribution in [0.15, 0.2) is 0 Å². The highest BCUT2D eigenvalue weighted by atomic mass is 16.6. The molecular formula is C16H24N2O5. The second kappa shape index (κ2) is 7.57. The van der Waals surface area contributed by atoms with Crippen molar-refractivity contribution >= 4 is 23.8 Å². The first kappa shape index (κ1) is 17.4. The van der Waals surface area contributed by atoms with Crippen LogP contribution in [-0.4, -0.2) is 59.7 Å². The van der Waals surface area contributed by atoms with Gasteiger partial charge in [-0.15, -0.1) is 0 Å². The molecule has 0 radical (unpaired) electrons. The maximum atomic E-state index is 12.1. The first-order chi connectivity index (χ1) is 10.9. The maximum absolute atomic E-state index is 12.1. The zero-order valence-corrected chi connectivity index (χ0v) is 13.7. The third-order valence-corrected chi connectivity index (χ3v) is 4.75. The minimum Gasteiger partial charge on any atom is -0.393 e. The molecule has 0 aromatic heterocycles. The number of ether oxygens (including phenoxy) is 1. The quantitative estimate of drug-likeness (QED) is 0.548. The van der Waals surface area contributed by atoms with Crippen LogP contribution in [0.3, 0.4) is 0 Å². The van der Waals surface area contributed by atoms with E-state index in [2.05, 4.69) is 0 Å². The van der Waals surface area contributed by atoms with Crippen molar-refractivity contribution in [3.8, 4) is 0 Å². The summed E-state index contributed by atoms with van der Waals surface area (Å²) in [5, 5.41) is 0. The second-order valence-electron chi connectivity index (χ2n) is 6.30. The van der Waals surface area contributed by atoms with E-state index < -0.39 is 11.9 Å². The van der Waals surface area contributed by atoms with Crippen LogP contribution in [0.4, 0.5) is 0 Å². The molecule has 2 aliphatic heterocycles. The van der Waals surface area contributed by atoms with E-state index in [1.54, 1.807) is 9.80 Å². The Hall–Kier alpha value is -1.92. The molecule has 0 saturated carbocycles. The molecule has 0 spiro atoms. The first-order valence-corrected chi connectivity index (χ1v) is 8.15. The summed E-state index contributed by atoms with van der Waals surface area (Å²) in [6.07, 6.45) is 2.14. The lowest BCUT2D eigenvalue weighted by Crippen LogP contribution is -2.42. The van der Waals surface area contributed by atoms with E-state index in [4.69, 9.17) is 4.74 Å². The van der Waals surface area contributed by atoms with Crippen LogP contribution in [0.1, 0.15) is 39.5 Å². The Labute approximate surface area is 135 Å². The summed E-state index contributed by atoms with van der Waals surface area (Å²) in [4.78, 5) is 50.1. The highest BCUT2D eigenvalue weighted by Crippen LogP contribution is 2.22. The lowest BCUT2D eigenvalue weighted by atomic mass is 9.95. The van der Waals surface area contributed by atoms with Crippen molar-refractivity contribution in [1.29, 1.82) is 0 Å². The number of nitrogens with zero attached hydrogens (tertiary/aromatic N) is 2. The number of rotatable bonds is 2. The van der Waals surface area contributed by atoms with Crippen molar-refractivity contribution in [3.63, 3.8) is 0 Å². The number of hydrogen-bond acceptors (Lipinski definition) is 5. The SMILES string of the molecule is CC(=O)N1CCC(C(=O)OC(=O)C2CCN(C(C)=O)CC2)CC1. The average Bonchev–Trinajstić information content (AvgIpc) is 2.54. The Bertz CT molecular complexity index is 445. The van der Waals surface area contributed by atoms with E-state index in [9.17, 15) is 19.2 Å². The van der Waals surface area contributed by atoms with Crippen molar-refractivity contribution in [2.75, 3.05) is 26.2 Å². The topological polar surface area (TPSA) is 84.0 Å². The third kappa shape index (κ3) is 4.53. The predicted octanol–water partition coefficient (Wildman–Crippen LogP) is 0.573. The Morgan fingerprint density at radius 1 is 0.696 bits per heavy atom. The molecule has 0 aliphatic carbocycles. The molecule has 23 heavy (non-hydrogen) atoms. The molecule has 2 saturated heterocycles. The van der Waals surface area contributed by atoms with Gasteiger partial charge in [-0.2, -0.15) is 0 Å². The first-order valence-electron chi connectivity index (χ1n) is 8.15. The van der Waals surface area contributed by atoms with E-state index in [0.717, 1.165) is 0 Å². The summed E-state index contributed by atoms with van der Waals surface area (Å²) in [6.45, 7) is 5.13. The number of likely N-dealkylation sites (tertiary alicyclic amines) is 2. The fourth-order valence-corrected chi connectivity index (χ4v) is 3.13. The molecule has 0 aromatic carbocycles. The fourth-order valence-electron chi connectivity index (χ4n) is 3.13. The molecule has 7 heteroatoms. The lowest BCUT2D eigenvalue weighted by Gasteiger charge is -2.31.